The van der Waals surface area contributed by atoms with Crippen LogP contribution in [-0.4, -0.2) is 17.1 Å². The SMILES string of the molecule is CCOC(=O)Cn1c(=O)sc2cc(N)c(Cl)cc21. The third-order valence-corrected chi connectivity index (χ3v) is 3.65. The van der Waals surface area contributed by atoms with Crippen LogP contribution < -0.4 is 10.6 Å². The highest BCUT2D eigenvalue weighted by atomic mass is 35.5. The lowest BCUT2D eigenvalue weighted by Gasteiger charge is -2.04. The lowest BCUT2D eigenvalue weighted by molar-refractivity contribution is -0.143. The highest BCUT2D eigenvalue weighted by Gasteiger charge is 2.13. The topological polar surface area (TPSA) is 74.3 Å². The van der Waals surface area contributed by atoms with Gasteiger partial charge in [-0.05, 0) is 19.1 Å². The molecule has 0 unspecified atom stereocenters. The summed E-state index contributed by atoms with van der Waals surface area (Å²) in [6.07, 6.45) is 0. The Morgan fingerprint density at radius 1 is 1.56 bits per heavy atom. The van der Waals surface area contributed by atoms with Gasteiger partial charge >= 0.3 is 10.8 Å². The highest BCUT2D eigenvalue weighted by Crippen LogP contribution is 2.27. The summed E-state index contributed by atoms with van der Waals surface area (Å²) in [5, 5.41) is 0.359. The van der Waals surface area contributed by atoms with Gasteiger partial charge in [-0.1, -0.05) is 22.9 Å². The average molecular weight is 287 g/mol. The van der Waals surface area contributed by atoms with Gasteiger partial charge in [0.15, 0.2) is 0 Å². The molecule has 0 amide bonds. The van der Waals surface area contributed by atoms with Crippen molar-refractivity contribution in [2.75, 3.05) is 12.3 Å². The molecule has 1 aromatic carbocycles. The van der Waals surface area contributed by atoms with E-state index in [1.807, 2.05) is 0 Å². The number of rotatable bonds is 3. The molecule has 1 aromatic heterocycles. The van der Waals surface area contributed by atoms with Crippen LogP contribution in [-0.2, 0) is 16.1 Å². The van der Waals surface area contributed by atoms with Crippen molar-refractivity contribution < 1.29 is 9.53 Å². The number of esters is 1. The predicted molar refractivity (Wildman–Crippen MR) is 72.1 cm³/mol. The lowest BCUT2D eigenvalue weighted by atomic mass is 10.3. The lowest BCUT2D eigenvalue weighted by Crippen LogP contribution is -2.20. The average Bonchev–Trinajstić information content (AvgIpc) is 2.57. The van der Waals surface area contributed by atoms with Crippen molar-refractivity contribution in [2.45, 2.75) is 13.5 Å². The second-order valence-electron chi connectivity index (χ2n) is 3.60. The van der Waals surface area contributed by atoms with Crippen LogP contribution in [0.2, 0.25) is 5.02 Å². The molecular weight excluding hydrogens is 276 g/mol. The first kappa shape index (κ1) is 12.9. The molecule has 5 nitrogen and oxygen atoms in total. The summed E-state index contributed by atoms with van der Waals surface area (Å²) in [4.78, 5) is 23.0. The number of nitrogens with zero attached hydrogens (tertiary/aromatic N) is 1. The summed E-state index contributed by atoms with van der Waals surface area (Å²) >= 11 is 6.94. The third kappa shape index (κ3) is 2.34. The van der Waals surface area contributed by atoms with Crippen LogP contribution in [0.4, 0.5) is 5.69 Å². The van der Waals surface area contributed by atoms with Gasteiger partial charge in [-0.2, -0.15) is 0 Å². The molecule has 0 fully saturated rings. The van der Waals surface area contributed by atoms with Gasteiger partial charge < -0.3 is 10.5 Å². The molecule has 0 atom stereocenters. The van der Waals surface area contributed by atoms with Crippen molar-refractivity contribution in [3.63, 3.8) is 0 Å². The van der Waals surface area contributed by atoms with Crippen LogP contribution in [0.1, 0.15) is 6.92 Å². The molecule has 0 saturated heterocycles. The number of hydrogen-bond donors (Lipinski definition) is 1. The van der Waals surface area contributed by atoms with E-state index in [2.05, 4.69) is 0 Å². The largest absolute Gasteiger partial charge is 0.465 e. The predicted octanol–water partition coefficient (Wildman–Crippen LogP) is 1.86. The van der Waals surface area contributed by atoms with Crippen molar-refractivity contribution >= 4 is 44.8 Å². The number of carbonyl (C=O) groups is 1. The minimum Gasteiger partial charge on any atom is -0.465 e. The summed E-state index contributed by atoms with van der Waals surface area (Å²) in [6.45, 7) is 1.88. The van der Waals surface area contributed by atoms with Crippen molar-refractivity contribution in [3.8, 4) is 0 Å². The van der Waals surface area contributed by atoms with Gasteiger partial charge in [0.05, 0.1) is 27.5 Å². The zero-order valence-electron chi connectivity index (χ0n) is 9.60. The first-order valence-electron chi connectivity index (χ1n) is 5.27. The van der Waals surface area contributed by atoms with E-state index in [-0.39, 0.29) is 18.0 Å². The number of hydrogen-bond acceptors (Lipinski definition) is 5. The normalized spacial score (nSPS) is 10.8. The standard InChI is InChI=1S/C11H11ClN2O3S/c1-2-17-10(15)5-14-8-3-6(12)7(13)4-9(8)18-11(14)16/h3-4H,2,5,13H2,1H3. The number of fused-ring (bicyclic) bond motifs is 1. The molecular formula is C11H11ClN2O3S. The zero-order valence-corrected chi connectivity index (χ0v) is 11.2. The van der Waals surface area contributed by atoms with E-state index in [9.17, 15) is 9.59 Å². The smallest absolute Gasteiger partial charge is 0.326 e. The quantitative estimate of drug-likeness (QED) is 0.690. The molecule has 0 radical (unpaired) electrons. The first-order valence-corrected chi connectivity index (χ1v) is 6.46. The molecule has 2 aromatic rings. The fourth-order valence-corrected chi connectivity index (χ4v) is 2.66. The monoisotopic (exact) mass is 286 g/mol. The number of halogens is 1. The second kappa shape index (κ2) is 4.99. The van der Waals surface area contributed by atoms with E-state index >= 15 is 0 Å². The Kier molecular flexibility index (Phi) is 3.58. The molecule has 96 valence electrons. The summed E-state index contributed by atoms with van der Waals surface area (Å²) in [6, 6.07) is 3.22. The molecule has 18 heavy (non-hydrogen) atoms. The van der Waals surface area contributed by atoms with E-state index in [4.69, 9.17) is 22.1 Å². The summed E-state index contributed by atoms with van der Waals surface area (Å²) in [5.74, 6) is -0.452. The van der Waals surface area contributed by atoms with E-state index in [1.165, 1.54) is 4.57 Å². The van der Waals surface area contributed by atoms with Crippen LogP contribution in [0.15, 0.2) is 16.9 Å². The number of benzene rings is 1. The minimum atomic E-state index is -0.452. The maximum absolute atomic E-state index is 11.8. The van der Waals surface area contributed by atoms with Crippen LogP contribution in [0.3, 0.4) is 0 Å². The van der Waals surface area contributed by atoms with Gasteiger partial charge in [0.25, 0.3) is 0 Å². The highest BCUT2D eigenvalue weighted by molar-refractivity contribution is 7.16. The Bertz CT molecular complexity index is 662. The summed E-state index contributed by atoms with van der Waals surface area (Å²) in [7, 11) is 0. The Hall–Kier alpha value is -1.53. The number of ether oxygens (including phenoxy) is 1. The molecule has 0 aliphatic heterocycles. The molecule has 0 spiro atoms. The van der Waals surface area contributed by atoms with Crippen LogP contribution in [0.25, 0.3) is 10.2 Å². The van der Waals surface area contributed by atoms with Gasteiger partial charge in [-0.25, -0.2) is 0 Å². The maximum Gasteiger partial charge on any atom is 0.326 e. The molecule has 0 saturated carbocycles. The van der Waals surface area contributed by atoms with Gasteiger partial charge in [-0.15, -0.1) is 0 Å². The first-order chi connectivity index (χ1) is 8.52. The Morgan fingerprint density at radius 3 is 2.94 bits per heavy atom. The van der Waals surface area contributed by atoms with Crippen molar-refractivity contribution in [3.05, 3.63) is 26.8 Å². The zero-order chi connectivity index (χ0) is 13.3. The van der Waals surface area contributed by atoms with E-state index < -0.39 is 5.97 Å². The summed E-state index contributed by atoms with van der Waals surface area (Å²) in [5.41, 5.74) is 6.67. The fourth-order valence-electron chi connectivity index (χ4n) is 1.58. The Labute approximate surface area is 112 Å². The number of nitrogens with two attached hydrogens (primary N) is 1. The number of nitrogen functional groups attached to an aromatic ring is 1. The van der Waals surface area contributed by atoms with Gasteiger partial charge in [0, 0.05) is 0 Å². The van der Waals surface area contributed by atoms with Crippen LogP contribution in [0.5, 0.6) is 0 Å². The molecule has 0 aliphatic carbocycles. The van der Waals surface area contributed by atoms with Crippen molar-refractivity contribution in [1.82, 2.24) is 4.57 Å². The third-order valence-electron chi connectivity index (χ3n) is 2.38. The summed E-state index contributed by atoms with van der Waals surface area (Å²) < 4.78 is 6.86. The van der Waals surface area contributed by atoms with E-state index in [1.54, 1.807) is 19.1 Å². The number of carbonyl (C=O) groups excluding carboxylic acids is 1. The van der Waals surface area contributed by atoms with Gasteiger partial charge in [0.2, 0.25) is 0 Å². The van der Waals surface area contributed by atoms with Crippen LogP contribution >= 0.6 is 22.9 Å². The van der Waals surface area contributed by atoms with Crippen molar-refractivity contribution in [1.29, 1.82) is 0 Å². The molecule has 2 rings (SSSR count). The van der Waals surface area contributed by atoms with Gasteiger partial charge in [-0.3, -0.25) is 14.2 Å². The Balaban J connectivity index is 2.50. The maximum atomic E-state index is 11.8. The molecule has 2 N–H and O–H groups in total. The van der Waals surface area contributed by atoms with Crippen LogP contribution in [0, 0.1) is 0 Å². The number of anilines is 1. The molecule has 0 bridgehead atoms. The fraction of sp³-hybridized carbons (Fsp3) is 0.273. The molecule has 0 aliphatic rings. The van der Waals surface area contributed by atoms with E-state index in [0.29, 0.717) is 20.9 Å². The minimum absolute atomic E-state index is 0.118. The molecule has 7 heteroatoms. The Morgan fingerprint density at radius 2 is 2.28 bits per heavy atom. The van der Waals surface area contributed by atoms with Gasteiger partial charge in [0.1, 0.15) is 6.54 Å². The second-order valence-corrected chi connectivity index (χ2v) is 5.00. The van der Waals surface area contributed by atoms with Crippen molar-refractivity contribution in [2.24, 2.45) is 0 Å². The number of aromatic nitrogens is 1. The number of thiazole rings is 1. The van der Waals surface area contributed by atoms with E-state index in [0.717, 1.165) is 11.3 Å². The molecule has 1 heterocycles.